The van der Waals surface area contributed by atoms with Gasteiger partial charge in [0.15, 0.2) is 0 Å². The van der Waals surface area contributed by atoms with E-state index in [9.17, 15) is 0 Å². The Bertz CT molecular complexity index is 452. The van der Waals surface area contributed by atoms with Gasteiger partial charge in [0.05, 0.1) is 17.6 Å². The quantitative estimate of drug-likeness (QED) is 0.519. The molecule has 5 nitrogen and oxygen atoms in total. The fraction of sp³-hybridized carbons (Fsp3) is 0.300. The molecule has 0 radical (unpaired) electrons. The minimum absolute atomic E-state index is 0.652. The molecule has 0 saturated carbocycles. The van der Waals surface area contributed by atoms with Crippen LogP contribution in [0.25, 0.3) is 11.0 Å². The largest absolute Gasteiger partial charge is 0.399 e. The lowest BCUT2D eigenvalue weighted by molar-refractivity contribution is 0.210. The number of nitrogens with zero attached hydrogens (tertiary/aromatic N) is 1. The van der Waals surface area contributed by atoms with Crippen LogP contribution in [-0.4, -0.2) is 30.2 Å². The normalized spacial score (nSPS) is 10.7. The van der Waals surface area contributed by atoms with Gasteiger partial charge in [-0.1, -0.05) is 0 Å². The average molecular weight is 206 g/mol. The number of nitrogen functional groups attached to an aromatic ring is 1. The fourth-order valence-corrected chi connectivity index (χ4v) is 1.38. The molecule has 0 unspecified atom stereocenters. The summed E-state index contributed by atoms with van der Waals surface area (Å²) in [6.45, 7) is 1.38. The zero-order valence-electron chi connectivity index (χ0n) is 8.58. The molecule has 0 atom stereocenters. The molecule has 0 saturated heterocycles. The van der Waals surface area contributed by atoms with Gasteiger partial charge in [-0.15, -0.1) is 0 Å². The maximum atomic E-state index is 5.67. The van der Waals surface area contributed by atoms with Gasteiger partial charge in [0.1, 0.15) is 0 Å². The second-order valence-corrected chi connectivity index (χ2v) is 3.28. The third kappa shape index (κ3) is 2.19. The molecule has 5 heteroatoms. The van der Waals surface area contributed by atoms with E-state index in [2.05, 4.69) is 15.3 Å². The van der Waals surface area contributed by atoms with E-state index < -0.39 is 0 Å². The average Bonchev–Trinajstić information content (AvgIpc) is 2.60. The van der Waals surface area contributed by atoms with Crippen molar-refractivity contribution in [2.75, 3.05) is 31.3 Å². The molecule has 2 rings (SSSR count). The van der Waals surface area contributed by atoms with Crippen molar-refractivity contribution in [3.63, 3.8) is 0 Å². The SMILES string of the molecule is COCCNc1nc2ccc(N)cc2[nH]1. The van der Waals surface area contributed by atoms with E-state index in [4.69, 9.17) is 10.5 Å². The van der Waals surface area contributed by atoms with Crippen molar-refractivity contribution in [2.45, 2.75) is 0 Å². The molecular weight excluding hydrogens is 192 g/mol. The summed E-state index contributed by atoms with van der Waals surface area (Å²) in [7, 11) is 1.67. The zero-order chi connectivity index (χ0) is 10.7. The van der Waals surface area contributed by atoms with E-state index in [1.54, 1.807) is 7.11 Å². The van der Waals surface area contributed by atoms with Gasteiger partial charge >= 0.3 is 0 Å². The number of aromatic amines is 1. The number of imidazole rings is 1. The molecule has 0 amide bonds. The molecule has 1 heterocycles. The lowest BCUT2D eigenvalue weighted by Gasteiger charge is -1.99. The number of methoxy groups -OCH3 is 1. The maximum absolute atomic E-state index is 5.67. The Balaban J connectivity index is 2.16. The van der Waals surface area contributed by atoms with Crippen molar-refractivity contribution >= 4 is 22.7 Å². The third-order valence-electron chi connectivity index (χ3n) is 2.10. The standard InChI is InChI=1S/C10H14N4O/c1-15-5-4-12-10-13-8-3-2-7(11)6-9(8)14-10/h2-3,6H,4-5,11H2,1H3,(H2,12,13,14). The summed E-state index contributed by atoms with van der Waals surface area (Å²) >= 11 is 0. The topological polar surface area (TPSA) is 76.0 Å². The number of hydrogen-bond donors (Lipinski definition) is 3. The van der Waals surface area contributed by atoms with Gasteiger partial charge in [-0.2, -0.15) is 0 Å². The third-order valence-corrected chi connectivity index (χ3v) is 2.10. The van der Waals surface area contributed by atoms with E-state index in [1.165, 1.54) is 0 Å². The molecule has 2 aromatic rings. The number of nitrogens with two attached hydrogens (primary N) is 1. The zero-order valence-corrected chi connectivity index (χ0v) is 8.58. The maximum Gasteiger partial charge on any atom is 0.201 e. The first-order valence-corrected chi connectivity index (χ1v) is 4.77. The van der Waals surface area contributed by atoms with Crippen LogP contribution in [0, 0.1) is 0 Å². The van der Waals surface area contributed by atoms with Crippen molar-refractivity contribution in [2.24, 2.45) is 0 Å². The monoisotopic (exact) mass is 206 g/mol. The number of H-pyrrole nitrogens is 1. The molecule has 0 spiro atoms. The summed E-state index contributed by atoms with van der Waals surface area (Å²) in [5, 5.41) is 3.12. The summed E-state index contributed by atoms with van der Waals surface area (Å²) in [4.78, 5) is 7.49. The highest BCUT2D eigenvalue weighted by Crippen LogP contribution is 2.16. The first-order valence-electron chi connectivity index (χ1n) is 4.77. The molecule has 0 aliphatic heterocycles. The summed E-state index contributed by atoms with van der Waals surface area (Å²) in [5.41, 5.74) is 8.24. The van der Waals surface area contributed by atoms with Gasteiger partial charge in [-0.3, -0.25) is 0 Å². The number of ether oxygens (including phenoxy) is 1. The van der Waals surface area contributed by atoms with Crippen molar-refractivity contribution in [3.05, 3.63) is 18.2 Å². The van der Waals surface area contributed by atoms with Crippen LogP contribution >= 0.6 is 0 Å². The Hall–Kier alpha value is -1.75. The Kier molecular flexibility index (Phi) is 2.73. The van der Waals surface area contributed by atoms with Gasteiger partial charge in [0.25, 0.3) is 0 Å². The number of benzene rings is 1. The van der Waals surface area contributed by atoms with Gasteiger partial charge in [-0.25, -0.2) is 4.98 Å². The minimum atomic E-state index is 0.652. The number of aromatic nitrogens is 2. The summed E-state index contributed by atoms with van der Waals surface area (Å²) in [6.07, 6.45) is 0. The highest BCUT2D eigenvalue weighted by Gasteiger charge is 2.01. The van der Waals surface area contributed by atoms with E-state index in [1.807, 2.05) is 18.2 Å². The number of hydrogen-bond acceptors (Lipinski definition) is 4. The lowest BCUT2D eigenvalue weighted by atomic mass is 10.3. The number of rotatable bonds is 4. The van der Waals surface area contributed by atoms with Crippen molar-refractivity contribution < 1.29 is 4.74 Å². The summed E-state index contributed by atoms with van der Waals surface area (Å²) < 4.78 is 4.93. The van der Waals surface area contributed by atoms with Crippen LogP contribution in [0.4, 0.5) is 11.6 Å². The van der Waals surface area contributed by atoms with Crippen LogP contribution in [-0.2, 0) is 4.74 Å². The van der Waals surface area contributed by atoms with E-state index in [-0.39, 0.29) is 0 Å². The van der Waals surface area contributed by atoms with Crippen molar-refractivity contribution in [3.8, 4) is 0 Å². The van der Waals surface area contributed by atoms with Gasteiger partial charge in [-0.05, 0) is 18.2 Å². The van der Waals surface area contributed by atoms with E-state index >= 15 is 0 Å². The predicted molar refractivity (Wildman–Crippen MR) is 60.9 cm³/mol. The van der Waals surface area contributed by atoms with Gasteiger partial charge in [0.2, 0.25) is 5.95 Å². The first kappa shape index (κ1) is 9.79. The molecule has 0 fully saturated rings. The lowest BCUT2D eigenvalue weighted by Crippen LogP contribution is -2.08. The van der Waals surface area contributed by atoms with Crippen molar-refractivity contribution in [1.29, 1.82) is 0 Å². The second kappa shape index (κ2) is 4.18. The van der Waals surface area contributed by atoms with Crippen LogP contribution in [0.5, 0.6) is 0 Å². The Labute approximate surface area is 87.6 Å². The minimum Gasteiger partial charge on any atom is -0.399 e. The molecule has 0 aliphatic carbocycles. The Morgan fingerprint density at radius 1 is 1.53 bits per heavy atom. The molecule has 15 heavy (non-hydrogen) atoms. The van der Waals surface area contributed by atoms with Crippen molar-refractivity contribution in [1.82, 2.24) is 9.97 Å². The number of fused-ring (bicyclic) bond motifs is 1. The van der Waals surface area contributed by atoms with Gasteiger partial charge in [0, 0.05) is 19.3 Å². The molecule has 80 valence electrons. The molecule has 0 aliphatic rings. The van der Waals surface area contributed by atoms with Crippen LogP contribution in [0.1, 0.15) is 0 Å². The van der Waals surface area contributed by atoms with E-state index in [0.717, 1.165) is 29.2 Å². The van der Waals surface area contributed by atoms with Crippen LogP contribution < -0.4 is 11.1 Å². The second-order valence-electron chi connectivity index (χ2n) is 3.28. The highest BCUT2D eigenvalue weighted by molar-refractivity contribution is 5.80. The molecule has 1 aromatic carbocycles. The predicted octanol–water partition coefficient (Wildman–Crippen LogP) is 1.20. The molecule has 0 bridgehead atoms. The molecule has 4 N–H and O–H groups in total. The molecule has 1 aromatic heterocycles. The number of anilines is 2. The fourth-order valence-electron chi connectivity index (χ4n) is 1.38. The van der Waals surface area contributed by atoms with Crippen LogP contribution in [0.15, 0.2) is 18.2 Å². The summed E-state index contributed by atoms with van der Waals surface area (Å²) in [6, 6.07) is 5.59. The Morgan fingerprint density at radius 3 is 3.20 bits per heavy atom. The van der Waals surface area contributed by atoms with Gasteiger partial charge < -0.3 is 20.8 Å². The first-order chi connectivity index (χ1) is 7.29. The van der Waals surface area contributed by atoms with Crippen LogP contribution in [0.2, 0.25) is 0 Å². The number of nitrogens with one attached hydrogen (secondary N) is 2. The Morgan fingerprint density at radius 2 is 2.40 bits per heavy atom. The van der Waals surface area contributed by atoms with Crippen LogP contribution in [0.3, 0.4) is 0 Å². The van der Waals surface area contributed by atoms with E-state index in [0.29, 0.717) is 6.61 Å². The highest BCUT2D eigenvalue weighted by atomic mass is 16.5. The molecular formula is C10H14N4O. The smallest absolute Gasteiger partial charge is 0.201 e. The summed E-state index contributed by atoms with van der Waals surface area (Å²) in [5.74, 6) is 0.743.